The van der Waals surface area contributed by atoms with E-state index in [1.54, 1.807) is 0 Å². The topological polar surface area (TPSA) is 59.6 Å². The minimum absolute atomic E-state index is 0.0379. The first-order chi connectivity index (χ1) is 11.6. The Bertz CT molecular complexity index is 755. The number of rotatable bonds is 4. The molecule has 2 aromatic carbocycles. The third kappa shape index (κ3) is 4.08. The number of hydrogen-bond acceptors (Lipinski definition) is 3. The van der Waals surface area contributed by atoms with Crippen LogP contribution in [0.1, 0.15) is 5.56 Å². The van der Waals surface area contributed by atoms with E-state index in [9.17, 15) is 9.18 Å². The number of amides is 2. The van der Waals surface area contributed by atoms with Crippen molar-refractivity contribution in [1.82, 2.24) is 5.32 Å². The number of anilines is 1. The fourth-order valence-corrected chi connectivity index (χ4v) is 2.49. The number of carbonyl (C=O) groups is 1. The second kappa shape index (κ2) is 7.40. The van der Waals surface area contributed by atoms with Crippen molar-refractivity contribution in [3.8, 4) is 11.5 Å². The van der Waals surface area contributed by atoms with Crippen LogP contribution in [0.3, 0.4) is 0 Å². The molecular weight excluding hydrogens is 335 g/mol. The predicted octanol–water partition coefficient (Wildman–Crippen LogP) is 3.61. The van der Waals surface area contributed by atoms with E-state index in [1.165, 1.54) is 18.2 Å². The van der Waals surface area contributed by atoms with Crippen LogP contribution in [-0.2, 0) is 6.42 Å². The maximum absolute atomic E-state index is 13.1. The third-order valence-electron chi connectivity index (χ3n) is 3.48. The molecule has 2 aromatic rings. The summed E-state index contributed by atoms with van der Waals surface area (Å²) in [5.74, 6) is 0.939. The van der Waals surface area contributed by atoms with E-state index in [1.807, 2.05) is 18.2 Å². The van der Waals surface area contributed by atoms with Gasteiger partial charge in [0, 0.05) is 12.2 Å². The van der Waals surface area contributed by atoms with Gasteiger partial charge in [0.2, 0.25) is 0 Å². The van der Waals surface area contributed by atoms with Crippen molar-refractivity contribution in [3.05, 3.63) is 52.8 Å². The van der Waals surface area contributed by atoms with E-state index in [4.69, 9.17) is 21.1 Å². The zero-order valence-corrected chi connectivity index (χ0v) is 13.5. The largest absolute Gasteiger partial charge is 0.486 e. The van der Waals surface area contributed by atoms with Gasteiger partial charge in [-0.1, -0.05) is 17.7 Å². The average Bonchev–Trinajstić information content (AvgIpc) is 2.58. The Morgan fingerprint density at radius 1 is 1.12 bits per heavy atom. The molecule has 0 saturated carbocycles. The van der Waals surface area contributed by atoms with Crippen LogP contribution in [0.2, 0.25) is 5.02 Å². The van der Waals surface area contributed by atoms with Gasteiger partial charge in [0.1, 0.15) is 19.0 Å². The van der Waals surface area contributed by atoms with Crippen molar-refractivity contribution in [2.75, 3.05) is 25.1 Å². The molecule has 0 spiro atoms. The summed E-state index contributed by atoms with van der Waals surface area (Å²) >= 11 is 5.67. The quantitative estimate of drug-likeness (QED) is 0.885. The Hall–Kier alpha value is -2.47. The molecule has 5 nitrogen and oxygen atoms in total. The van der Waals surface area contributed by atoms with E-state index >= 15 is 0 Å². The minimum Gasteiger partial charge on any atom is -0.486 e. The van der Waals surface area contributed by atoms with Gasteiger partial charge in [-0.2, -0.15) is 0 Å². The van der Waals surface area contributed by atoms with Crippen LogP contribution in [0.25, 0.3) is 0 Å². The molecule has 0 aliphatic carbocycles. The number of urea groups is 1. The van der Waals surface area contributed by atoms with Crippen molar-refractivity contribution >= 4 is 23.3 Å². The van der Waals surface area contributed by atoms with Gasteiger partial charge >= 0.3 is 6.03 Å². The molecule has 1 aliphatic heterocycles. The Kier molecular flexibility index (Phi) is 5.05. The summed E-state index contributed by atoms with van der Waals surface area (Å²) in [6.45, 7) is 1.54. The van der Waals surface area contributed by atoms with Crippen LogP contribution in [0, 0.1) is 5.82 Å². The zero-order chi connectivity index (χ0) is 16.9. The Morgan fingerprint density at radius 2 is 1.92 bits per heavy atom. The average molecular weight is 351 g/mol. The molecule has 2 amide bonds. The normalized spacial score (nSPS) is 12.6. The number of halogens is 2. The van der Waals surface area contributed by atoms with Crippen LogP contribution in [-0.4, -0.2) is 25.8 Å². The van der Waals surface area contributed by atoms with Gasteiger partial charge in [0.05, 0.1) is 5.02 Å². The van der Waals surface area contributed by atoms with Crippen molar-refractivity contribution in [2.24, 2.45) is 0 Å². The predicted molar refractivity (Wildman–Crippen MR) is 89.6 cm³/mol. The van der Waals surface area contributed by atoms with Gasteiger partial charge in [0.15, 0.2) is 11.5 Å². The molecule has 0 saturated heterocycles. The first kappa shape index (κ1) is 16.4. The highest BCUT2D eigenvalue weighted by Gasteiger charge is 2.11. The number of hydrogen-bond donors (Lipinski definition) is 2. The number of fused-ring (bicyclic) bond motifs is 1. The van der Waals surface area contributed by atoms with Crippen molar-refractivity contribution < 1.29 is 18.7 Å². The Balaban J connectivity index is 1.49. The minimum atomic E-state index is -0.527. The monoisotopic (exact) mass is 350 g/mol. The van der Waals surface area contributed by atoms with E-state index < -0.39 is 5.82 Å². The molecule has 0 radical (unpaired) electrons. The first-order valence-electron chi connectivity index (χ1n) is 7.50. The summed E-state index contributed by atoms with van der Waals surface area (Å²) in [5.41, 5.74) is 1.46. The standard InChI is InChI=1S/C17H16ClFN2O3/c18-13-10-12(2-3-14(13)19)21-17(22)20-6-5-11-1-4-15-16(9-11)24-8-7-23-15/h1-4,9-10H,5-8H2,(H2,20,21,22). The summed E-state index contributed by atoms with van der Waals surface area (Å²) in [6.07, 6.45) is 0.647. The molecule has 0 atom stereocenters. The smallest absolute Gasteiger partial charge is 0.319 e. The maximum Gasteiger partial charge on any atom is 0.319 e. The third-order valence-corrected chi connectivity index (χ3v) is 3.77. The van der Waals surface area contributed by atoms with Crippen molar-refractivity contribution in [2.45, 2.75) is 6.42 Å². The second-order valence-electron chi connectivity index (χ2n) is 5.24. The molecule has 1 heterocycles. The maximum atomic E-state index is 13.1. The van der Waals surface area contributed by atoms with E-state index in [0.29, 0.717) is 31.9 Å². The molecule has 24 heavy (non-hydrogen) atoms. The lowest BCUT2D eigenvalue weighted by molar-refractivity contribution is 0.171. The van der Waals surface area contributed by atoms with Gasteiger partial charge < -0.3 is 20.1 Å². The van der Waals surface area contributed by atoms with Crippen LogP contribution in [0.15, 0.2) is 36.4 Å². The summed E-state index contributed by atoms with van der Waals surface area (Å²) in [7, 11) is 0. The number of ether oxygens (including phenoxy) is 2. The number of nitrogens with one attached hydrogen (secondary N) is 2. The van der Waals surface area contributed by atoms with Gasteiger partial charge in [-0.05, 0) is 42.3 Å². The summed E-state index contributed by atoms with van der Waals surface area (Å²) < 4.78 is 24.1. The fraction of sp³-hybridized carbons (Fsp3) is 0.235. The molecule has 2 N–H and O–H groups in total. The lowest BCUT2D eigenvalue weighted by atomic mass is 10.1. The highest BCUT2D eigenvalue weighted by Crippen LogP contribution is 2.30. The molecule has 1 aliphatic rings. The van der Waals surface area contributed by atoms with Crippen LogP contribution in [0.5, 0.6) is 11.5 Å². The van der Waals surface area contributed by atoms with E-state index in [2.05, 4.69) is 10.6 Å². The molecule has 7 heteroatoms. The molecule has 0 fully saturated rings. The second-order valence-corrected chi connectivity index (χ2v) is 5.64. The van der Waals surface area contributed by atoms with Gasteiger partial charge in [-0.15, -0.1) is 0 Å². The van der Waals surface area contributed by atoms with Gasteiger partial charge in [-0.25, -0.2) is 9.18 Å². The molecule has 0 aromatic heterocycles. The summed E-state index contributed by atoms with van der Waals surface area (Å²) in [6, 6.07) is 9.34. The van der Waals surface area contributed by atoms with Crippen LogP contribution >= 0.6 is 11.6 Å². The highest BCUT2D eigenvalue weighted by molar-refractivity contribution is 6.31. The molecule has 3 rings (SSSR count). The number of carbonyl (C=O) groups excluding carboxylic acids is 1. The Morgan fingerprint density at radius 3 is 2.71 bits per heavy atom. The van der Waals surface area contributed by atoms with Crippen molar-refractivity contribution in [1.29, 1.82) is 0 Å². The summed E-state index contributed by atoms with van der Waals surface area (Å²) in [4.78, 5) is 11.8. The lowest BCUT2D eigenvalue weighted by Crippen LogP contribution is -2.30. The first-order valence-corrected chi connectivity index (χ1v) is 7.88. The SMILES string of the molecule is O=C(NCCc1ccc2c(c1)OCCO2)Nc1ccc(F)c(Cl)c1. The van der Waals surface area contributed by atoms with Crippen LogP contribution in [0.4, 0.5) is 14.9 Å². The Labute approximate surface area is 143 Å². The summed E-state index contributed by atoms with van der Waals surface area (Å²) in [5, 5.41) is 5.30. The van der Waals surface area contributed by atoms with E-state index in [0.717, 1.165) is 17.1 Å². The lowest BCUT2D eigenvalue weighted by Gasteiger charge is -2.18. The van der Waals surface area contributed by atoms with Gasteiger partial charge in [0.25, 0.3) is 0 Å². The zero-order valence-electron chi connectivity index (χ0n) is 12.8. The fourth-order valence-electron chi connectivity index (χ4n) is 2.31. The molecular formula is C17H16ClFN2O3. The van der Waals surface area contributed by atoms with Crippen molar-refractivity contribution in [3.63, 3.8) is 0 Å². The van der Waals surface area contributed by atoms with Gasteiger partial charge in [-0.3, -0.25) is 0 Å². The molecule has 0 unspecified atom stereocenters. The molecule has 126 valence electrons. The van der Waals surface area contributed by atoms with E-state index in [-0.39, 0.29) is 11.1 Å². The highest BCUT2D eigenvalue weighted by atomic mass is 35.5. The van der Waals surface area contributed by atoms with Crippen LogP contribution < -0.4 is 20.1 Å². The molecule has 0 bridgehead atoms. The number of benzene rings is 2.